The van der Waals surface area contributed by atoms with Crippen LogP contribution >= 0.6 is 0 Å². The molecular formula is C21H36O3. The minimum absolute atomic E-state index is 0.242. The van der Waals surface area contributed by atoms with E-state index in [0.717, 1.165) is 31.3 Å². The van der Waals surface area contributed by atoms with Crippen molar-refractivity contribution in [1.82, 2.24) is 0 Å². The van der Waals surface area contributed by atoms with Gasteiger partial charge in [0.1, 0.15) is 0 Å². The number of aliphatic hydroxyl groups excluding tert-OH is 2. The summed E-state index contributed by atoms with van der Waals surface area (Å²) in [4.78, 5) is 0. The molecule has 24 heavy (non-hydrogen) atoms. The molecule has 0 bridgehead atoms. The van der Waals surface area contributed by atoms with Crippen molar-refractivity contribution >= 4 is 0 Å². The van der Waals surface area contributed by atoms with Crippen LogP contribution in [0.15, 0.2) is 36.0 Å². The van der Waals surface area contributed by atoms with Crippen molar-refractivity contribution in [3.05, 3.63) is 36.0 Å². The van der Waals surface area contributed by atoms with Gasteiger partial charge in [-0.25, -0.2) is 0 Å². The van der Waals surface area contributed by atoms with E-state index in [1.54, 1.807) is 13.8 Å². The van der Waals surface area contributed by atoms with Gasteiger partial charge in [0, 0.05) is 0 Å². The molecule has 0 aromatic carbocycles. The van der Waals surface area contributed by atoms with E-state index in [-0.39, 0.29) is 5.41 Å². The summed E-state index contributed by atoms with van der Waals surface area (Å²) in [7, 11) is 0. The first kappa shape index (κ1) is 21.1. The predicted molar refractivity (Wildman–Crippen MR) is 101 cm³/mol. The van der Waals surface area contributed by atoms with Crippen molar-refractivity contribution in [1.29, 1.82) is 0 Å². The van der Waals surface area contributed by atoms with Crippen LogP contribution < -0.4 is 0 Å². The molecule has 1 aliphatic rings. The number of unbranched alkanes of at least 4 members (excludes halogenated alkanes) is 1. The van der Waals surface area contributed by atoms with Crippen molar-refractivity contribution in [2.75, 3.05) is 0 Å². The predicted octanol–water partition coefficient (Wildman–Crippen LogP) is 4.29. The van der Waals surface area contributed by atoms with Crippen LogP contribution in [0, 0.1) is 5.41 Å². The Kier molecular flexibility index (Phi) is 8.41. The summed E-state index contributed by atoms with van der Waals surface area (Å²) < 4.78 is 0. The molecule has 2 atom stereocenters. The maximum atomic E-state index is 9.70. The smallest absolute Gasteiger partial charge is 0.0771 e. The fourth-order valence-corrected chi connectivity index (χ4v) is 3.07. The van der Waals surface area contributed by atoms with Gasteiger partial charge in [0.05, 0.1) is 17.8 Å². The van der Waals surface area contributed by atoms with Gasteiger partial charge in [-0.05, 0) is 64.2 Å². The number of hydrogen-bond donors (Lipinski definition) is 3. The molecule has 3 heteroatoms. The molecule has 3 nitrogen and oxygen atoms in total. The monoisotopic (exact) mass is 336 g/mol. The highest BCUT2D eigenvalue weighted by molar-refractivity contribution is 5.16. The average molecular weight is 337 g/mol. The summed E-state index contributed by atoms with van der Waals surface area (Å²) >= 11 is 0. The minimum Gasteiger partial charge on any atom is -0.393 e. The molecule has 0 amide bonds. The summed E-state index contributed by atoms with van der Waals surface area (Å²) in [5.74, 6) is 0. The zero-order valence-corrected chi connectivity index (χ0v) is 15.8. The summed E-state index contributed by atoms with van der Waals surface area (Å²) in [6.07, 6.45) is 15.6. The van der Waals surface area contributed by atoms with E-state index in [4.69, 9.17) is 0 Å². The van der Waals surface area contributed by atoms with Gasteiger partial charge >= 0.3 is 0 Å². The van der Waals surface area contributed by atoms with Gasteiger partial charge in [-0.1, -0.05) is 49.8 Å². The number of rotatable bonds is 8. The third-order valence-electron chi connectivity index (χ3n) is 4.43. The zero-order chi connectivity index (χ0) is 18.2. The first-order valence-electron chi connectivity index (χ1n) is 9.18. The molecule has 2 unspecified atom stereocenters. The maximum Gasteiger partial charge on any atom is 0.0771 e. The lowest BCUT2D eigenvalue weighted by Crippen LogP contribution is -2.24. The van der Waals surface area contributed by atoms with Crippen molar-refractivity contribution in [2.45, 2.75) is 90.4 Å². The second-order valence-corrected chi connectivity index (χ2v) is 8.52. The van der Waals surface area contributed by atoms with Crippen LogP contribution in [-0.2, 0) is 0 Å². The third-order valence-corrected chi connectivity index (χ3v) is 4.43. The minimum atomic E-state index is -0.730. The van der Waals surface area contributed by atoms with Crippen LogP contribution in [0.4, 0.5) is 0 Å². The van der Waals surface area contributed by atoms with Gasteiger partial charge < -0.3 is 15.3 Å². The molecule has 0 radical (unpaired) electrons. The molecule has 1 aliphatic carbocycles. The van der Waals surface area contributed by atoms with Gasteiger partial charge in [0.15, 0.2) is 0 Å². The number of aliphatic hydroxyl groups is 3. The largest absolute Gasteiger partial charge is 0.393 e. The summed E-state index contributed by atoms with van der Waals surface area (Å²) in [6.45, 7) is 8.11. The molecule has 138 valence electrons. The van der Waals surface area contributed by atoms with Gasteiger partial charge in [-0.2, -0.15) is 0 Å². The summed E-state index contributed by atoms with van der Waals surface area (Å²) in [5, 5.41) is 29.0. The highest BCUT2D eigenvalue weighted by atomic mass is 16.3. The van der Waals surface area contributed by atoms with Crippen LogP contribution in [0.3, 0.4) is 0 Å². The van der Waals surface area contributed by atoms with E-state index in [2.05, 4.69) is 32.1 Å². The Bertz CT molecular complexity index is 440. The van der Waals surface area contributed by atoms with Crippen molar-refractivity contribution in [3.63, 3.8) is 0 Å². The van der Waals surface area contributed by atoms with Crippen LogP contribution in [0.25, 0.3) is 0 Å². The highest BCUT2D eigenvalue weighted by Crippen LogP contribution is 2.28. The lowest BCUT2D eigenvalue weighted by atomic mass is 9.83. The Morgan fingerprint density at radius 2 is 1.67 bits per heavy atom. The lowest BCUT2D eigenvalue weighted by molar-refractivity contribution is 0.0609. The van der Waals surface area contributed by atoms with Crippen molar-refractivity contribution in [2.24, 2.45) is 5.41 Å². The quantitative estimate of drug-likeness (QED) is 0.458. The first-order chi connectivity index (χ1) is 11.1. The van der Waals surface area contributed by atoms with E-state index in [0.29, 0.717) is 19.3 Å². The van der Waals surface area contributed by atoms with Crippen LogP contribution in [0.5, 0.6) is 0 Å². The fourth-order valence-electron chi connectivity index (χ4n) is 3.07. The normalized spacial score (nSPS) is 23.4. The molecule has 1 fully saturated rings. The van der Waals surface area contributed by atoms with E-state index >= 15 is 0 Å². The summed E-state index contributed by atoms with van der Waals surface area (Å²) in [6, 6.07) is 0. The van der Waals surface area contributed by atoms with E-state index in [9.17, 15) is 15.3 Å². The molecule has 0 aromatic rings. The Balaban J connectivity index is 2.28. The topological polar surface area (TPSA) is 60.7 Å². The van der Waals surface area contributed by atoms with Crippen LogP contribution in [-0.4, -0.2) is 33.1 Å². The van der Waals surface area contributed by atoms with Crippen LogP contribution in [0.1, 0.15) is 72.6 Å². The third kappa shape index (κ3) is 10.1. The first-order valence-corrected chi connectivity index (χ1v) is 9.18. The lowest BCUT2D eigenvalue weighted by Gasteiger charge is -2.24. The summed E-state index contributed by atoms with van der Waals surface area (Å²) in [5.41, 5.74) is 0.646. The van der Waals surface area contributed by atoms with Gasteiger partial charge in [0.2, 0.25) is 0 Å². The van der Waals surface area contributed by atoms with Crippen LogP contribution in [0.2, 0.25) is 0 Å². The molecule has 0 spiro atoms. The standard InChI is InChI=1S/C21H36O3/c1-20(2,12-9-13-21(3,4)24)11-8-6-5-7-10-17-14-18(22)16-19(23)15-17/h5,7,9-10,13,18-19,22-24H,6,8,11-12,14-16H2,1-4H3/b7-5+,13-9-,17-10?. The van der Waals surface area contributed by atoms with Gasteiger partial charge in [0.25, 0.3) is 0 Å². The van der Waals surface area contributed by atoms with Gasteiger partial charge in [-0.3, -0.25) is 0 Å². The van der Waals surface area contributed by atoms with E-state index in [1.165, 1.54) is 0 Å². The van der Waals surface area contributed by atoms with Crippen molar-refractivity contribution in [3.8, 4) is 0 Å². The molecule has 3 N–H and O–H groups in total. The highest BCUT2D eigenvalue weighted by Gasteiger charge is 2.21. The Labute approximate surface area is 147 Å². The van der Waals surface area contributed by atoms with E-state index < -0.39 is 17.8 Å². The molecule has 0 aliphatic heterocycles. The second-order valence-electron chi connectivity index (χ2n) is 8.52. The molecule has 1 rings (SSSR count). The molecule has 0 saturated heterocycles. The molecule has 1 saturated carbocycles. The van der Waals surface area contributed by atoms with Gasteiger partial charge in [-0.15, -0.1) is 0 Å². The Morgan fingerprint density at radius 3 is 2.25 bits per heavy atom. The second kappa shape index (κ2) is 9.55. The molecular weight excluding hydrogens is 300 g/mol. The Morgan fingerprint density at radius 1 is 1.04 bits per heavy atom. The Hall–Kier alpha value is -0.900. The molecule has 0 aromatic heterocycles. The van der Waals surface area contributed by atoms with E-state index in [1.807, 2.05) is 12.2 Å². The number of allylic oxidation sites excluding steroid dienone is 4. The molecule has 0 heterocycles. The number of hydrogen-bond acceptors (Lipinski definition) is 3. The average Bonchev–Trinajstić information content (AvgIpc) is 2.39. The zero-order valence-electron chi connectivity index (χ0n) is 15.8. The van der Waals surface area contributed by atoms with Crippen molar-refractivity contribution < 1.29 is 15.3 Å². The SMILES string of the molecule is CC(C)(O)/C=C\CC(C)(C)CCC/C=C/C=C1CC(O)CC(O)C1. The fraction of sp³-hybridized carbons (Fsp3) is 0.714. The maximum absolute atomic E-state index is 9.70.